The van der Waals surface area contributed by atoms with E-state index in [1.807, 2.05) is 11.6 Å². The van der Waals surface area contributed by atoms with Gasteiger partial charge in [0, 0.05) is 12.2 Å². The van der Waals surface area contributed by atoms with Gasteiger partial charge in [0.2, 0.25) is 0 Å². The molecule has 130 valence electrons. The van der Waals surface area contributed by atoms with E-state index in [-0.39, 0.29) is 12.5 Å². The summed E-state index contributed by atoms with van der Waals surface area (Å²) in [6, 6.07) is 7.14. The molecule has 0 fully saturated rings. The summed E-state index contributed by atoms with van der Waals surface area (Å²) in [7, 11) is 1.59. The molecule has 6 nitrogen and oxygen atoms in total. The van der Waals surface area contributed by atoms with E-state index in [0.717, 1.165) is 24.4 Å². The molecule has 24 heavy (non-hydrogen) atoms. The van der Waals surface area contributed by atoms with Gasteiger partial charge >= 0.3 is 0 Å². The maximum atomic E-state index is 12.4. The molecule has 0 spiro atoms. The molecule has 6 heteroatoms. The van der Waals surface area contributed by atoms with Gasteiger partial charge in [-0.1, -0.05) is 19.1 Å². The van der Waals surface area contributed by atoms with Crippen LogP contribution < -0.4 is 10.1 Å². The zero-order valence-corrected chi connectivity index (χ0v) is 14.7. The van der Waals surface area contributed by atoms with Crippen LogP contribution in [0.4, 0.5) is 0 Å². The van der Waals surface area contributed by atoms with Gasteiger partial charge in [-0.05, 0) is 38.0 Å². The van der Waals surface area contributed by atoms with Crippen molar-refractivity contribution in [3.05, 3.63) is 47.3 Å². The highest BCUT2D eigenvalue weighted by Gasteiger charge is 2.25. The minimum atomic E-state index is -1.17. The Morgan fingerprint density at radius 2 is 2.04 bits per heavy atom. The Bertz CT molecular complexity index is 690. The Labute approximate surface area is 142 Å². The molecule has 1 aromatic heterocycles. The van der Waals surface area contributed by atoms with Gasteiger partial charge in [0.25, 0.3) is 5.91 Å². The summed E-state index contributed by atoms with van der Waals surface area (Å²) in [5, 5.41) is 17.6. The normalized spacial score (nSPS) is 13.4. The van der Waals surface area contributed by atoms with Crippen LogP contribution in [-0.2, 0) is 12.1 Å². The number of aryl methyl sites for hydroxylation is 1. The lowest BCUT2D eigenvalue weighted by Gasteiger charge is -2.24. The maximum Gasteiger partial charge on any atom is 0.254 e. The van der Waals surface area contributed by atoms with Crippen molar-refractivity contribution in [1.29, 1.82) is 0 Å². The largest absolute Gasteiger partial charge is 0.497 e. The lowest BCUT2D eigenvalue weighted by molar-refractivity contribution is 0.0526. The van der Waals surface area contributed by atoms with Crippen LogP contribution in [0, 0.1) is 6.92 Å². The van der Waals surface area contributed by atoms with Crippen LogP contribution in [-0.4, -0.2) is 34.4 Å². The molecule has 1 amide bonds. The molecule has 1 aromatic carbocycles. The van der Waals surface area contributed by atoms with Gasteiger partial charge in [0.1, 0.15) is 11.4 Å². The van der Waals surface area contributed by atoms with Crippen LogP contribution in [0.3, 0.4) is 0 Å². The SMILES string of the molecule is CCCn1ncc(C(=O)NC[C@@](C)(O)c2ccc(OC)cc2)c1C. The number of amides is 1. The predicted octanol–water partition coefficient (Wildman–Crippen LogP) is 2.25. The quantitative estimate of drug-likeness (QED) is 0.816. The summed E-state index contributed by atoms with van der Waals surface area (Å²) in [4.78, 5) is 12.4. The number of rotatable bonds is 7. The fourth-order valence-corrected chi connectivity index (χ4v) is 2.51. The smallest absolute Gasteiger partial charge is 0.254 e. The van der Waals surface area contributed by atoms with Crippen molar-refractivity contribution in [3.63, 3.8) is 0 Å². The minimum absolute atomic E-state index is 0.108. The minimum Gasteiger partial charge on any atom is -0.497 e. The first-order valence-electron chi connectivity index (χ1n) is 8.06. The van der Waals surface area contributed by atoms with Crippen molar-refractivity contribution in [1.82, 2.24) is 15.1 Å². The second-order valence-electron chi connectivity index (χ2n) is 6.05. The fourth-order valence-electron chi connectivity index (χ4n) is 2.51. The van der Waals surface area contributed by atoms with Gasteiger partial charge in [-0.3, -0.25) is 9.48 Å². The molecular weight excluding hydrogens is 306 g/mol. The molecule has 1 atom stereocenters. The first kappa shape index (κ1) is 18.0. The number of methoxy groups -OCH3 is 1. The van der Waals surface area contributed by atoms with Crippen molar-refractivity contribution < 1.29 is 14.6 Å². The number of nitrogens with zero attached hydrogens (tertiary/aromatic N) is 2. The fraction of sp³-hybridized carbons (Fsp3) is 0.444. The summed E-state index contributed by atoms with van der Waals surface area (Å²) in [6.45, 7) is 6.49. The van der Waals surface area contributed by atoms with Crippen LogP contribution >= 0.6 is 0 Å². The first-order valence-corrected chi connectivity index (χ1v) is 8.06. The zero-order chi connectivity index (χ0) is 17.7. The van der Waals surface area contributed by atoms with Gasteiger partial charge in [-0.2, -0.15) is 5.10 Å². The number of aromatic nitrogens is 2. The van der Waals surface area contributed by atoms with Crippen LogP contribution in [0.2, 0.25) is 0 Å². The van der Waals surface area contributed by atoms with E-state index in [4.69, 9.17) is 4.74 Å². The van der Waals surface area contributed by atoms with Crippen molar-refractivity contribution in [2.75, 3.05) is 13.7 Å². The van der Waals surface area contributed by atoms with E-state index in [1.54, 1.807) is 44.5 Å². The summed E-state index contributed by atoms with van der Waals surface area (Å²) >= 11 is 0. The number of carbonyl (C=O) groups excluding carboxylic acids is 1. The molecule has 0 bridgehead atoms. The highest BCUT2D eigenvalue weighted by Crippen LogP contribution is 2.22. The van der Waals surface area contributed by atoms with Crippen LogP contribution in [0.5, 0.6) is 5.75 Å². The monoisotopic (exact) mass is 331 g/mol. The third-order valence-corrected chi connectivity index (χ3v) is 4.09. The Kier molecular flexibility index (Phi) is 5.62. The highest BCUT2D eigenvalue weighted by molar-refractivity contribution is 5.95. The Morgan fingerprint density at radius 3 is 2.62 bits per heavy atom. The molecule has 2 rings (SSSR count). The molecule has 0 unspecified atom stereocenters. The first-order chi connectivity index (χ1) is 11.4. The molecule has 0 saturated heterocycles. The number of carbonyl (C=O) groups is 1. The zero-order valence-electron chi connectivity index (χ0n) is 14.7. The van der Waals surface area contributed by atoms with Crippen molar-refractivity contribution in [2.45, 2.75) is 39.3 Å². The Balaban J connectivity index is 2.04. The molecule has 1 heterocycles. The average molecular weight is 331 g/mol. The van der Waals surface area contributed by atoms with Gasteiger partial charge in [0.15, 0.2) is 0 Å². The summed E-state index contributed by atoms with van der Waals surface area (Å²) in [5.41, 5.74) is 0.907. The second kappa shape index (κ2) is 7.49. The average Bonchev–Trinajstić information content (AvgIpc) is 2.94. The molecule has 2 N–H and O–H groups in total. The number of aliphatic hydroxyl groups is 1. The van der Waals surface area contributed by atoms with E-state index >= 15 is 0 Å². The van der Waals surface area contributed by atoms with E-state index in [0.29, 0.717) is 11.1 Å². The molecule has 2 aromatic rings. The molecule has 0 aliphatic rings. The van der Waals surface area contributed by atoms with Crippen LogP contribution in [0.1, 0.15) is 41.9 Å². The van der Waals surface area contributed by atoms with Gasteiger partial charge < -0.3 is 15.2 Å². The summed E-state index contributed by atoms with van der Waals surface area (Å²) in [6.07, 6.45) is 2.53. The van der Waals surface area contributed by atoms with E-state index in [2.05, 4.69) is 17.3 Å². The van der Waals surface area contributed by atoms with E-state index in [1.165, 1.54) is 0 Å². The molecule has 0 aliphatic carbocycles. The number of hydrogen-bond acceptors (Lipinski definition) is 4. The van der Waals surface area contributed by atoms with Gasteiger partial charge in [-0.15, -0.1) is 0 Å². The third kappa shape index (κ3) is 3.94. The van der Waals surface area contributed by atoms with Gasteiger partial charge in [-0.25, -0.2) is 0 Å². The summed E-state index contributed by atoms with van der Waals surface area (Å²) in [5.74, 6) is 0.487. The van der Waals surface area contributed by atoms with E-state index < -0.39 is 5.60 Å². The standard InChI is InChI=1S/C18H25N3O3/c1-5-10-21-13(2)16(11-20-21)17(22)19-12-18(3,23)14-6-8-15(24-4)9-7-14/h6-9,11,23H,5,10,12H2,1-4H3,(H,19,22)/t18-/m1/s1. The number of ether oxygens (including phenoxy) is 1. The third-order valence-electron chi connectivity index (χ3n) is 4.09. The molecule has 0 radical (unpaired) electrons. The van der Waals surface area contributed by atoms with Crippen molar-refractivity contribution in [3.8, 4) is 5.75 Å². The number of nitrogens with one attached hydrogen (secondary N) is 1. The lowest BCUT2D eigenvalue weighted by atomic mass is 9.96. The van der Waals surface area contributed by atoms with Crippen LogP contribution in [0.25, 0.3) is 0 Å². The lowest BCUT2D eigenvalue weighted by Crippen LogP contribution is -2.38. The topological polar surface area (TPSA) is 76.4 Å². The Morgan fingerprint density at radius 1 is 1.38 bits per heavy atom. The van der Waals surface area contributed by atoms with Crippen molar-refractivity contribution >= 4 is 5.91 Å². The second-order valence-corrected chi connectivity index (χ2v) is 6.05. The van der Waals surface area contributed by atoms with E-state index in [9.17, 15) is 9.90 Å². The summed E-state index contributed by atoms with van der Waals surface area (Å²) < 4.78 is 6.93. The number of benzene rings is 1. The predicted molar refractivity (Wildman–Crippen MR) is 92.2 cm³/mol. The molecular formula is C18H25N3O3. The highest BCUT2D eigenvalue weighted by atomic mass is 16.5. The van der Waals surface area contributed by atoms with Gasteiger partial charge in [0.05, 0.1) is 25.4 Å². The molecule has 0 saturated carbocycles. The Hall–Kier alpha value is -2.34. The molecule has 0 aliphatic heterocycles. The van der Waals surface area contributed by atoms with Crippen LogP contribution in [0.15, 0.2) is 30.5 Å². The maximum absolute atomic E-state index is 12.4. The van der Waals surface area contributed by atoms with Crippen molar-refractivity contribution in [2.24, 2.45) is 0 Å². The number of hydrogen-bond donors (Lipinski definition) is 2.